The maximum atomic E-state index is 12.7. The molecule has 0 aliphatic heterocycles. The van der Waals surface area contributed by atoms with E-state index >= 15 is 0 Å². The lowest BCUT2D eigenvalue weighted by molar-refractivity contribution is -0.167. The second-order valence-corrected chi connectivity index (χ2v) is 16.1. The summed E-state index contributed by atoms with van der Waals surface area (Å²) in [5.41, 5.74) is 0. The number of esters is 3. The van der Waals surface area contributed by atoms with E-state index in [9.17, 15) is 14.4 Å². The van der Waals surface area contributed by atoms with E-state index in [1.54, 1.807) is 0 Å². The molecular weight excluding hydrogens is 636 g/mol. The number of unbranched alkanes of at least 4 members (excludes halogenated alkanes) is 23. The van der Waals surface area contributed by atoms with Crippen LogP contribution < -0.4 is 0 Å². The van der Waals surface area contributed by atoms with Crippen LogP contribution >= 0.6 is 0 Å². The molecule has 51 heavy (non-hydrogen) atoms. The molecular formula is C45H86O6. The lowest BCUT2D eigenvalue weighted by Crippen LogP contribution is -2.30. The van der Waals surface area contributed by atoms with Crippen molar-refractivity contribution in [2.75, 3.05) is 13.2 Å². The zero-order valence-electron chi connectivity index (χ0n) is 34.7. The third-order valence-corrected chi connectivity index (χ3v) is 10.3. The standard InChI is InChI=1S/C45H86O6/c1-6-8-9-23-30-35-43(46)49-38-42(39-50-44(47)36-31-26-22-18-19-24-28-33-40(3)4)51-45(48)37-32-27-21-17-15-13-11-10-12-14-16-20-25-29-34-41(5)7-2/h40-42H,6-39H2,1-5H3/t41?,42-/m0/s1. The summed E-state index contributed by atoms with van der Waals surface area (Å²) in [7, 11) is 0. The van der Waals surface area contributed by atoms with Crippen LogP contribution in [0.1, 0.15) is 240 Å². The molecule has 0 aromatic rings. The predicted molar refractivity (Wildman–Crippen MR) is 215 cm³/mol. The molecule has 0 aromatic carbocycles. The minimum Gasteiger partial charge on any atom is -0.462 e. The van der Waals surface area contributed by atoms with E-state index in [4.69, 9.17) is 14.2 Å². The molecule has 0 spiro atoms. The molecule has 0 bridgehead atoms. The molecule has 0 fully saturated rings. The van der Waals surface area contributed by atoms with Crippen LogP contribution in [0.5, 0.6) is 0 Å². The fourth-order valence-electron chi connectivity index (χ4n) is 6.54. The molecule has 302 valence electrons. The molecule has 0 rings (SSSR count). The molecule has 0 aromatic heterocycles. The van der Waals surface area contributed by atoms with Gasteiger partial charge in [-0.1, -0.05) is 202 Å². The van der Waals surface area contributed by atoms with Gasteiger partial charge in [0.25, 0.3) is 0 Å². The van der Waals surface area contributed by atoms with Crippen molar-refractivity contribution in [1.82, 2.24) is 0 Å². The normalized spacial score (nSPS) is 12.6. The van der Waals surface area contributed by atoms with E-state index < -0.39 is 6.10 Å². The van der Waals surface area contributed by atoms with Crippen molar-refractivity contribution in [2.24, 2.45) is 11.8 Å². The fourth-order valence-corrected chi connectivity index (χ4v) is 6.54. The molecule has 0 aliphatic carbocycles. The summed E-state index contributed by atoms with van der Waals surface area (Å²) in [6, 6.07) is 0. The smallest absolute Gasteiger partial charge is 0.306 e. The number of hydrogen-bond donors (Lipinski definition) is 0. The largest absolute Gasteiger partial charge is 0.462 e. The van der Waals surface area contributed by atoms with Gasteiger partial charge in [0, 0.05) is 19.3 Å². The van der Waals surface area contributed by atoms with Crippen LogP contribution in [0.2, 0.25) is 0 Å². The topological polar surface area (TPSA) is 78.9 Å². The third-order valence-electron chi connectivity index (χ3n) is 10.3. The average Bonchev–Trinajstić information content (AvgIpc) is 3.11. The number of ether oxygens (including phenoxy) is 3. The van der Waals surface area contributed by atoms with E-state index in [1.165, 1.54) is 122 Å². The summed E-state index contributed by atoms with van der Waals surface area (Å²) in [6.45, 7) is 11.2. The van der Waals surface area contributed by atoms with Crippen molar-refractivity contribution < 1.29 is 28.6 Å². The zero-order chi connectivity index (χ0) is 37.6. The Morgan fingerprint density at radius 2 is 0.745 bits per heavy atom. The quantitative estimate of drug-likeness (QED) is 0.0357. The van der Waals surface area contributed by atoms with Gasteiger partial charge in [0.05, 0.1) is 0 Å². The van der Waals surface area contributed by atoms with Gasteiger partial charge in [0.1, 0.15) is 13.2 Å². The first-order valence-corrected chi connectivity index (χ1v) is 22.3. The Balaban J connectivity index is 4.16. The molecule has 1 unspecified atom stereocenters. The minimum atomic E-state index is -0.758. The Hall–Kier alpha value is -1.59. The van der Waals surface area contributed by atoms with Crippen molar-refractivity contribution in [3.63, 3.8) is 0 Å². The number of hydrogen-bond acceptors (Lipinski definition) is 6. The monoisotopic (exact) mass is 723 g/mol. The van der Waals surface area contributed by atoms with Crippen LogP contribution in [0.3, 0.4) is 0 Å². The van der Waals surface area contributed by atoms with Gasteiger partial charge in [-0.05, 0) is 31.1 Å². The van der Waals surface area contributed by atoms with Crippen LogP contribution in [-0.4, -0.2) is 37.2 Å². The van der Waals surface area contributed by atoms with Crippen LogP contribution in [0.4, 0.5) is 0 Å². The van der Waals surface area contributed by atoms with E-state index in [1.807, 2.05) is 0 Å². The van der Waals surface area contributed by atoms with Crippen molar-refractivity contribution in [3.05, 3.63) is 0 Å². The summed E-state index contributed by atoms with van der Waals surface area (Å²) >= 11 is 0. The molecule has 0 saturated carbocycles. The highest BCUT2D eigenvalue weighted by atomic mass is 16.6. The van der Waals surface area contributed by atoms with Gasteiger partial charge in [-0.15, -0.1) is 0 Å². The second-order valence-electron chi connectivity index (χ2n) is 16.1. The Labute approximate surface area is 317 Å². The summed E-state index contributed by atoms with van der Waals surface area (Å²) < 4.78 is 16.6. The zero-order valence-corrected chi connectivity index (χ0v) is 34.7. The molecule has 0 amide bonds. The first kappa shape index (κ1) is 49.4. The summed E-state index contributed by atoms with van der Waals surface area (Å²) in [6.07, 6.45) is 35.5. The van der Waals surface area contributed by atoms with Crippen molar-refractivity contribution in [3.8, 4) is 0 Å². The minimum absolute atomic E-state index is 0.0669. The van der Waals surface area contributed by atoms with E-state index in [2.05, 4.69) is 34.6 Å². The van der Waals surface area contributed by atoms with Crippen molar-refractivity contribution in [1.29, 1.82) is 0 Å². The fraction of sp³-hybridized carbons (Fsp3) is 0.933. The van der Waals surface area contributed by atoms with Gasteiger partial charge in [-0.2, -0.15) is 0 Å². The summed E-state index contributed by atoms with van der Waals surface area (Å²) in [5, 5.41) is 0. The highest BCUT2D eigenvalue weighted by Gasteiger charge is 2.19. The lowest BCUT2D eigenvalue weighted by atomic mass is 9.99. The van der Waals surface area contributed by atoms with Crippen LogP contribution in [0.15, 0.2) is 0 Å². The maximum absolute atomic E-state index is 12.7. The van der Waals surface area contributed by atoms with Gasteiger partial charge in [0.2, 0.25) is 0 Å². The predicted octanol–water partition coefficient (Wildman–Crippen LogP) is 13.8. The van der Waals surface area contributed by atoms with Gasteiger partial charge < -0.3 is 14.2 Å². The Morgan fingerprint density at radius 3 is 1.12 bits per heavy atom. The Bertz CT molecular complexity index is 781. The lowest BCUT2D eigenvalue weighted by Gasteiger charge is -2.18. The van der Waals surface area contributed by atoms with Gasteiger partial charge >= 0.3 is 17.9 Å². The molecule has 0 saturated heterocycles. The molecule has 0 heterocycles. The second kappa shape index (κ2) is 38.1. The third kappa shape index (κ3) is 38.0. The van der Waals surface area contributed by atoms with E-state index in [0.29, 0.717) is 19.3 Å². The SMILES string of the molecule is CCCCCCCC(=O)OC[C@@H](COC(=O)CCCCCCCCCC(C)C)OC(=O)CCCCCCCCCCCCCCCCC(C)CC. The number of carbonyl (C=O) groups is 3. The van der Waals surface area contributed by atoms with Crippen molar-refractivity contribution in [2.45, 2.75) is 246 Å². The van der Waals surface area contributed by atoms with Crippen LogP contribution in [0, 0.1) is 11.8 Å². The average molecular weight is 723 g/mol. The molecule has 6 heteroatoms. The van der Waals surface area contributed by atoms with Crippen LogP contribution in [-0.2, 0) is 28.6 Å². The van der Waals surface area contributed by atoms with Gasteiger partial charge in [-0.3, -0.25) is 14.4 Å². The maximum Gasteiger partial charge on any atom is 0.306 e. The molecule has 6 nitrogen and oxygen atoms in total. The molecule has 0 N–H and O–H groups in total. The van der Waals surface area contributed by atoms with Crippen molar-refractivity contribution >= 4 is 17.9 Å². The first-order chi connectivity index (χ1) is 24.8. The number of rotatable bonds is 39. The number of carbonyl (C=O) groups excluding carboxylic acids is 3. The van der Waals surface area contributed by atoms with Gasteiger partial charge in [0.15, 0.2) is 6.10 Å². The van der Waals surface area contributed by atoms with E-state index in [-0.39, 0.29) is 31.1 Å². The highest BCUT2D eigenvalue weighted by Crippen LogP contribution is 2.17. The summed E-state index contributed by atoms with van der Waals surface area (Å²) in [5.74, 6) is 0.801. The first-order valence-electron chi connectivity index (χ1n) is 22.3. The van der Waals surface area contributed by atoms with E-state index in [0.717, 1.165) is 76.0 Å². The summed E-state index contributed by atoms with van der Waals surface area (Å²) in [4.78, 5) is 37.4. The Morgan fingerprint density at radius 1 is 0.412 bits per heavy atom. The molecule has 0 radical (unpaired) electrons. The van der Waals surface area contributed by atoms with Crippen LogP contribution in [0.25, 0.3) is 0 Å². The van der Waals surface area contributed by atoms with Gasteiger partial charge in [-0.25, -0.2) is 0 Å². The molecule has 2 atom stereocenters. The highest BCUT2D eigenvalue weighted by molar-refractivity contribution is 5.71. The molecule has 0 aliphatic rings. The Kier molecular flexibility index (Phi) is 37.0.